The van der Waals surface area contributed by atoms with Crippen molar-refractivity contribution < 1.29 is 34.1 Å². The van der Waals surface area contributed by atoms with Gasteiger partial charge in [-0.1, -0.05) is 60.4 Å². The van der Waals surface area contributed by atoms with E-state index in [1.54, 1.807) is 48.5 Å². The Morgan fingerprint density at radius 2 is 1.34 bits per heavy atom. The highest BCUT2D eigenvalue weighted by atomic mass is 16.5. The quantitative estimate of drug-likeness (QED) is 0.272. The number of carbonyl (C=O) groups excluding carboxylic acids is 1. The molecule has 0 saturated carbocycles. The van der Waals surface area contributed by atoms with Gasteiger partial charge in [-0.3, -0.25) is 14.4 Å². The van der Waals surface area contributed by atoms with Crippen molar-refractivity contribution in [3.05, 3.63) is 95.1 Å². The average molecular weight is 472 g/mol. The maximum atomic E-state index is 13.1. The van der Waals surface area contributed by atoms with E-state index < -0.39 is 23.8 Å². The van der Waals surface area contributed by atoms with Crippen molar-refractivity contribution in [1.82, 2.24) is 0 Å². The Kier molecular flexibility index (Phi) is 8.25. The Hall–Kier alpha value is -4.57. The predicted octanol–water partition coefficient (Wildman–Crippen LogP) is 4.25. The summed E-state index contributed by atoms with van der Waals surface area (Å²) in [5, 5.41) is 19.6. The minimum absolute atomic E-state index is 0.263. The van der Waals surface area contributed by atoms with E-state index in [0.29, 0.717) is 22.4 Å². The molecule has 0 aliphatic rings. The van der Waals surface area contributed by atoms with Gasteiger partial charge in [0, 0.05) is 29.0 Å². The molecule has 0 aromatic heterocycles. The van der Waals surface area contributed by atoms with Gasteiger partial charge in [-0.25, -0.2) is 0 Å². The van der Waals surface area contributed by atoms with Crippen LogP contribution in [0.5, 0.6) is 11.5 Å². The number of benzene rings is 3. The lowest BCUT2D eigenvalue weighted by Gasteiger charge is -2.23. The second kappa shape index (κ2) is 11.5. The SMILES string of the molecule is COc1cc(C#Cc2ccccc2)c(C(CC(=O)c2ccccc2)C(C(=O)O)C(=O)O)cc1OC. The number of ether oxygens (including phenoxy) is 2. The van der Waals surface area contributed by atoms with E-state index in [2.05, 4.69) is 11.8 Å². The number of carbonyl (C=O) groups is 3. The highest BCUT2D eigenvalue weighted by Crippen LogP contribution is 2.39. The fraction of sp³-hybridized carbons (Fsp3) is 0.179. The number of hydrogen-bond donors (Lipinski definition) is 2. The third kappa shape index (κ3) is 6.06. The molecular formula is C28H24O7. The molecule has 178 valence electrons. The van der Waals surface area contributed by atoms with Crippen LogP contribution in [0, 0.1) is 17.8 Å². The maximum absolute atomic E-state index is 13.1. The van der Waals surface area contributed by atoms with Gasteiger partial charge in [0.1, 0.15) is 0 Å². The Bertz CT molecular complexity index is 1260. The summed E-state index contributed by atoms with van der Waals surface area (Å²) in [4.78, 5) is 37.2. The molecule has 0 spiro atoms. The van der Waals surface area contributed by atoms with Gasteiger partial charge in [0.05, 0.1) is 14.2 Å². The van der Waals surface area contributed by atoms with Crippen LogP contribution in [-0.4, -0.2) is 42.2 Å². The minimum Gasteiger partial charge on any atom is -0.493 e. The molecular weight excluding hydrogens is 448 g/mol. The summed E-state index contributed by atoms with van der Waals surface area (Å²) in [6.07, 6.45) is -0.358. The number of ketones is 1. The van der Waals surface area contributed by atoms with Crippen LogP contribution < -0.4 is 9.47 Å². The predicted molar refractivity (Wildman–Crippen MR) is 129 cm³/mol. The van der Waals surface area contributed by atoms with Gasteiger partial charge in [-0.05, 0) is 29.8 Å². The number of rotatable bonds is 9. The molecule has 35 heavy (non-hydrogen) atoms. The van der Waals surface area contributed by atoms with Crippen molar-refractivity contribution in [2.45, 2.75) is 12.3 Å². The minimum atomic E-state index is -1.89. The molecule has 3 aromatic carbocycles. The van der Waals surface area contributed by atoms with Crippen molar-refractivity contribution in [3.63, 3.8) is 0 Å². The van der Waals surface area contributed by atoms with Crippen LogP contribution >= 0.6 is 0 Å². The normalized spacial score (nSPS) is 11.2. The lowest BCUT2D eigenvalue weighted by Crippen LogP contribution is -2.32. The molecule has 0 aliphatic carbocycles. The molecule has 1 unspecified atom stereocenters. The highest BCUT2D eigenvalue weighted by molar-refractivity contribution is 5.99. The monoisotopic (exact) mass is 472 g/mol. The molecule has 0 radical (unpaired) electrons. The summed E-state index contributed by atoms with van der Waals surface area (Å²) < 4.78 is 10.8. The van der Waals surface area contributed by atoms with Crippen LogP contribution in [0.25, 0.3) is 0 Å². The van der Waals surface area contributed by atoms with Gasteiger partial charge in [0.25, 0.3) is 0 Å². The zero-order valence-electron chi connectivity index (χ0n) is 19.2. The number of hydrogen-bond acceptors (Lipinski definition) is 5. The van der Waals surface area contributed by atoms with E-state index in [1.807, 2.05) is 18.2 Å². The van der Waals surface area contributed by atoms with Gasteiger partial charge >= 0.3 is 11.9 Å². The van der Waals surface area contributed by atoms with Crippen LogP contribution in [0.15, 0.2) is 72.8 Å². The van der Waals surface area contributed by atoms with Gasteiger partial charge in [-0.15, -0.1) is 0 Å². The number of carboxylic acid groups (broad SMARTS) is 2. The standard InChI is InChI=1S/C28H24O7/c1-34-24-15-20(14-13-18-9-5-3-6-10-18)21(17-25(24)35-2)22(26(27(30)31)28(32)33)16-23(29)19-11-7-4-8-12-19/h3-12,15,17,22,26H,16H2,1-2H3,(H,30,31)(H,32,33). The van der Waals surface area contributed by atoms with Gasteiger partial charge < -0.3 is 19.7 Å². The molecule has 0 bridgehead atoms. The van der Waals surface area contributed by atoms with E-state index in [1.165, 1.54) is 20.3 Å². The second-order valence-corrected chi connectivity index (χ2v) is 7.66. The van der Waals surface area contributed by atoms with E-state index in [0.717, 1.165) is 0 Å². The van der Waals surface area contributed by atoms with Crippen molar-refractivity contribution >= 4 is 17.7 Å². The Morgan fingerprint density at radius 3 is 1.89 bits per heavy atom. The topological polar surface area (TPSA) is 110 Å². The lowest BCUT2D eigenvalue weighted by molar-refractivity contribution is -0.155. The lowest BCUT2D eigenvalue weighted by atomic mass is 9.79. The summed E-state index contributed by atoms with van der Waals surface area (Å²) in [7, 11) is 2.85. The second-order valence-electron chi connectivity index (χ2n) is 7.66. The molecule has 7 nitrogen and oxygen atoms in total. The van der Waals surface area contributed by atoms with E-state index in [-0.39, 0.29) is 23.5 Å². The molecule has 2 N–H and O–H groups in total. The molecule has 0 heterocycles. The molecule has 0 amide bonds. The number of Topliss-reactive ketones (excluding diaryl/α,β-unsaturated/α-hetero) is 1. The molecule has 1 atom stereocenters. The fourth-order valence-corrected chi connectivity index (χ4v) is 3.77. The van der Waals surface area contributed by atoms with Crippen molar-refractivity contribution in [1.29, 1.82) is 0 Å². The van der Waals surface area contributed by atoms with Crippen LogP contribution in [0.2, 0.25) is 0 Å². The average Bonchev–Trinajstić information content (AvgIpc) is 2.87. The van der Waals surface area contributed by atoms with Crippen molar-refractivity contribution in [2.75, 3.05) is 14.2 Å². The Morgan fingerprint density at radius 1 is 0.800 bits per heavy atom. The number of carboxylic acids is 2. The smallest absolute Gasteiger partial charge is 0.318 e. The highest BCUT2D eigenvalue weighted by Gasteiger charge is 2.39. The largest absolute Gasteiger partial charge is 0.493 e. The molecule has 7 heteroatoms. The van der Waals surface area contributed by atoms with Crippen LogP contribution in [0.1, 0.15) is 39.4 Å². The first-order valence-electron chi connectivity index (χ1n) is 10.7. The van der Waals surface area contributed by atoms with E-state index in [9.17, 15) is 24.6 Å². The number of methoxy groups -OCH3 is 2. The molecule has 0 aliphatic heterocycles. The molecule has 3 rings (SSSR count). The third-order valence-electron chi connectivity index (χ3n) is 5.51. The van der Waals surface area contributed by atoms with Crippen molar-refractivity contribution in [2.24, 2.45) is 5.92 Å². The first-order chi connectivity index (χ1) is 16.8. The number of aliphatic carboxylic acids is 2. The zero-order valence-corrected chi connectivity index (χ0v) is 19.2. The van der Waals surface area contributed by atoms with Gasteiger partial charge in [0.15, 0.2) is 23.2 Å². The van der Waals surface area contributed by atoms with Crippen LogP contribution in [0.3, 0.4) is 0 Å². The molecule has 0 saturated heterocycles. The molecule has 3 aromatic rings. The molecule has 0 fully saturated rings. The Balaban J connectivity index is 2.21. The summed E-state index contributed by atoms with van der Waals surface area (Å²) in [5.41, 5.74) is 1.66. The summed E-state index contributed by atoms with van der Waals surface area (Å²) in [6.45, 7) is 0. The summed E-state index contributed by atoms with van der Waals surface area (Å²) in [5.74, 6) is -0.0144. The van der Waals surface area contributed by atoms with Gasteiger partial charge in [0.2, 0.25) is 0 Å². The maximum Gasteiger partial charge on any atom is 0.318 e. The van der Waals surface area contributed by atoms with Gasteiger partial charge in [-0.2, -0.15) is 0 Å². The Labute approximate surface area is 202 Å². The summed E-state index contributed by atoms with van der Waals surface area (Å²) >= 11 is 0. The van der Waals surface area contributed by atoms with E-state index in [4.69, 9.17) is 9.47 Å². The van der Waals surface area contributed by atoms with Crippen LogP contribution in [0.4, 0.5) is 0 Å². The van der Waals surface area contributed by atoms with Crippen molar-refractivity contribution in [3.8, 4) is 23.3 Å². The zero-order chi connectivity index (χ0) is 25.4. The third-order valence-corrected chi connectivity index (χ3v) is 5.51. The van der Waals surface area contributed by atoms with Crippen LogP contribution in [-0.2, 0) is 9.59 Å². The fourth-order valence-electron chi connectivity index (χ4n) is 3.77. The summed E-state index contributed by atoms with van der Waals surface area (Å²) in [6, 6.07) is 20.5. The first-order valence-corrected chi connectivity index (χ1v) is 10.7. The van der Waals surface area contributed by atoms with E-state index >= 15 is 0 Å². The first kappa shape index (κ1) is 25.1.